The molecule has 0 aromatic carbocycles. The Balaban J connectivity index is 1.63. The minimum Gasteiger partial charge on any atom is -0.339 e. The lowest BCUT2D eigenvalue weighted by Crippen LogP contribution is -2.51. The van der Waals surface area contributed by atoms with Crippen LogP contribution in [0.4, 0.5) is 0 Å². The predicted molar refractivity (Wildman–Crippen MR) is 75.1 cm³/mol. The molecule has 0 N–H and O–H groups in total. The highest BCUT2D eigenvalue weighted by Crippen LogP contribution is 2.29. The van der Waals surface area contributed by atoms with Crippen molar-refractivity contribution >= 4 is 5.91 Å². The summed E-state index contributed by atoms with van der Waals surface area (Å²) < 4.78 is 1.75. The van der Waals surface area contributed by atoms with Crippen molar-refractivity contribution in [1.82, 2.24) is 19.7 Å². The van der Waals surface area contributed by atoms with Crippen LogP contribution in [-0.4, -0.2) is 38.7 Å². The molecule has 2 aromatic rings. The molecule has 20 heavy (non-hydrogen) atoms. The van der Waals surface area contributed by atoms with Gasteiger partial charge in [0.25, 0.3) is 0 Å². The van der Waals surface area contributed by atoms with Gasteiger partial charge in [0.15, 0.2) is 0 Å². The van der Waals surface area contributed by atoms with E-state index >= 15 is 0 Å². The maximum absolute atomic E-state index is 12.5. The van der Waals surface area contributed by atoms with Gasteiger partial charge in [-0.05, 0) is 24.1 Å². The van der Waals surface area contributed by atoms with E-state index < -0.39 is 0 Å². The SMILES string of the molecule is CC[C@@H](C(=O)N1CC(c2cccnc2)C1)n1cccn1. The first kappa shape index (κ1) is 12.8. The molecule has 1 amide bonds. The van der Waals surface area contributed by atoms with E-state index in [1.807, 2.05) is 36.4 Å². The number of amides is 1. The molecule has 2 aromatic heterocycles. The first-order valence-electron chi connectivity index (χ1n) is 6.97. The molecule has 1 aliphatic rings. The number of nitrogens with zero attached hydrogens (tertiary/aromatic N) is 4. The number of carbonyl (C=O) groups excluding carboxylic acids is 1. The van der Waals surface area contributed by atoms with Gasteiger partial charge < -0.3 is 4.90 Å². The van der Waals surface area contributed by atoms with Crippen molar-refractivity contribution < 1.29 is 4.79 Å². The summed E-state index contributed by atoms with van der Waals surface area (Å²) in [5.41, 5.74) is 1.21. The minimum absolute atomic E-state index is 0.163. The minimum atomic E-state index is -0.181. The predicted octanol–water partition coefficient (Wildman–Crippen LogP) is 1.86. The topological polar surface area (TPSA) is 51.0 Å². The Morgan fingerprint density at radius 1 is 1.40 bits per heavy atom. The Kier molecular flexibility index (Phi) is 3.50. The highest BCUT2D eigenvalue weighted by molar-refractivity contribution is 5.81. The van der Waals surface area contributed by atoms with Crippen molar-refractivity contribution in [2.24, 2.45) is 0 Å². The molecule has 0 bridgehead atoms. The second kappa shape index (κ2) is 5.45. The van der Waals surface area contributed by atoms with Gasteiger partial charge in [0, 0.05) is 43.8 Å². The highest BCUT2D eigenvalue weighted by Gasteiger charge is 2.35. The van der Waals surface area contributed by atoms with Crippen molar-refractivity contribution in [2.75, 3.05) is 13.1 Å². The van der Waals surface area contributed by atoms with E-state index in [1.165, 1.54) is 5.56 Å². The third-order valence-corrected chi connectivity index (χ3v) is 3.86. The molecule has 1 saturated heterocycles. The van der Waals surface area contributed by atoms with Gasteiger partial charge in [-0.2, -0.15) is 5.10 Å². The number of rotatable bonds is 4. The first-order chi connectivity index (χ1) is 9.79. The highest BCUT2D eigenvalue weighted by atomic mass is 16.2. The molecule has 0 radical (unpaired) electrons. The normalized spacial score (nSPS) is 16.8. The standard InChI is InChI=1S/C15H18N4O/c1-2-14(19-8-4-7-17-19)15(20)18-10-13(11-18)12-5-3-6-16-9-12/h3-9,13-14H,2,10-11H2,1H3/t14-/m0/s1. The quantitative estimate of drug-likeness (QED) is 0.852. The Labute approximate surface area is 118 Å². The number of pyridine rings is 1. The second-order valence-corrected chi connectivity index (χ2v) is 5.14. The Bertz CT molecular complexity index is 561. The molecule has 0 aliphatic carbocycles. The Hall–Kier alpha value is -2.17. The third-order valence-electron chi connectivity index (χ3n) is 3.86. The molecule has 1 fully saturated rings. The summed E-state index contributed by atoms with van der Waals surface area (Å²) in [5, 5.41) is 4.19. The third kappa shape index (κ3) is 2.31. The van der Waals surface area contributed by atoms with E-state index in [4.69, 9.17) is 0 Å². The lowest BCUT2D eigenvalue weighted by atomic mass is 9.92. The number of likely N-dealkylation sites (tertiary alicyclic amines) is 1. The van der Waals surface area contributed by atoms with Crippen LogP contribution in [0.3, 0.4) is 0 Å². The van der Waals surface area contributed by atoms with Crippen molar-refractivity contribution in [1.29, 1.82) is 0 Å². The number of aromatic nitrogens is 3. The smallest absolute Gasteiger partial charge is 0.247 e. The summed E-state index contributed by atoms with van der Waals surface area (Å²) in [6.45, 7) is 3.58. The molecule has 3 heterocycles. The van der Waals surface area contributed by atoms with Crippen molar-refractivity contribution in [2.45, 2.75) is 25.3 Å². The summed E-state index contributed by atoms with van der Waals surface area (Å²) in [7, 11) is 0. The van der Waals surface area contributed by atoms with Gasteiger partial charge in [-0.1, -0.05) is 13.0 Å². The zero-order valence-electron chi connectivity index (χ0n) is 11.5. The van der Waals surface area contributed by atoms with Crippen LogP contribution in [0.2, 0.25) is 0 Å². The van der Waals surface area contributed by atoms with Crippen LogP contribution < -0.4 is 0 Å². The lowest BCUT2D eigenvalue weighted by Gasteiger charge is -2.41. The molecular formula is C15H18N4O. The second-order valence-electron chi connectivity index (χ2n) is 5.14. The maximum Gasteiger partial charge on any atom is 0.247 e. The van der Waals surface area contributed by atoms with E-state index in [2.05, 4.69) is 16.1 Å². The van der Waals surface area contributed by atoms with Gasteiger partial charge >= 0.3 is 0 Å². The summed E-state index contributed by atoms with van der Waals surface area (Å²) in [6.07, 6.45) is 7.98. The fourth-order valence-electron chi connectivity index (χ4n) is 2.64. The van der Waals surface area contributed by atoms with Crippen LogP contribution in [0.15, 0.2) is 43.0 Å². The summed E-state index contributed by atoms with van der Waals surface area (Å²) in [5.74, 6) is 0.583. The number of hydrogen-bond donors (Lipinski definition) is 0. The summed E-state index contributed by atoms with van der Waals surface area (Å²) in [6, 6.07) is 5.69. The Morgan fingerprint density at radius 2 is 2.25 bits per heavy atom. The first-order valence-corrected chi connectivity index (χ1v) is 6.97. The van der Waals surface area contributed by atoms with E-state index in [0.29, 0.717) is 5.92 Å². The zero-order chi connectivity index (χ0) is 13.9. The summed E-state index contributed by atoms with van der Waals surface area (Å²) >= 11 is 0. The van der Waals surface area contributed by atoms with Crippen LogP contribution >= 0.6 is 0 Å². The van der Waals surface area contributed by atoms with Gasteiger partial charge in [0.2, 0.25) is 5.91 Å². The van der Waals surface area contributed by atoms with E-state index in [9.17, 15) is 4.79 Å². The fraction of sp³-hybridized carbons (Fsp3) is 0.400. The van der Waals surface area contributed by atoms with Crippen LogP contribution in [0, 0.1) is 0 Å². The monoisotopic (exact) mass is 270 g/mol. The number of carbonyl (C=O) groups is 1. The lowest BCUT2D eigenvalue weighted by molar-refractivity contribution is -0.139. The average molecular weight is 270 g/mol. The van der Waals surface area contributed by atoms with Crippen LogP contribution in [0.5, 0.6) is 0 Å². The maximum atomic E-state index is 12.5. The molecule has 1 atom stereocenters. The molecule has 0 spiro atoms. The van der Waals surface area contributed by atoms with Gasteiger partial charge in [0.1, 0.15) is 6.04 Å². The number of hydrogen-bond acceptors (Lipinski definition) is 3. The zero-order valence-corrected chi connectivity index (χ0v) is 11.5. The Morgan fingerprint density at radius 3 is 2.85 bits per heavy atom. The molecule has 3 rings (SSSR count). The van der Waals surface area contributed by atoms with Crippen molar-refractivity contribution in [3.63, 3.8) is 0 Å². The van der Waals surface area contributed by atoms with Crippen LogP contribution in [0.25, 0.3) is 0 Å². The molecule has 5 nitrogen and oxygen atoms in total. The van der Waals surface area contributed by atoms with Gasteiger partial charge in [0.05, 0.1) is 0 Å². The molecule has 104 valence electrons. The van der Waals surface area contributed by atoms with Gasteiger partial charge in [-0.15, -0.1) is 0 Å². The summed E-state index contributed by atoms with van der Waals surface area (Å²) in [4.78, 5) is 18.5. The van der Waals surface area contributed by atoms with Crippen LogP contribution in [0.1, 0.15) is 30.9 Å². The van der Waals surface area contributed by atoms with E-state index in [1.54, 1.807) is 17.1 Å². The van der Waals surface area contributed by atoms with Crippen LogP contribution in [-0.2, 0) is 4.79 Å². The largest absolute Gasteiger partial charge is 0.339 e. The molecule has 0 unspecified atom stereocenters. The van der Waals surface area contributed by atoms with Gasteiger partial charge in [-0.3, -0.25) is 14.5 Å². The van der Waals surface area contributed by atoms with E-state index in [-0.39, 0.29) is 11.9 Å². The molecular weight excluding hydrogens is 252 g/mol. The van der Waals surface area contributed by atoms with Crippen molar-refractivity contribution in [3.05, 3.63) is 48.5 Å². The molecule has 0 saturated carbocycles. The fourth-order valence-corrected chi connectivity index (χ4v) is 2.64. The molecule has 1 aliphatic heterocycles. The molecule has 5 heteroatoms. The van der Waals surface area contributed by atoms with E-state index in [0.717, 1.165) is 19.5 Å². The average Bonchev–Trinajstić information content (AvgIpc) is 2.93. The van der Waals surface area contributed by atoms with Gasteiger partial charge in [-0.25, -0.2) is 0 Å². The van der Waals surface area contributed by atoms with Crippen molar-refractivity contribution in [3.8, 4) is 0 Å².